The lowest BCUT2D eigenvalue weighted by Crippen LogP contribution is -2.27. The zero-order valence-electron chi connectivity index (χ0n) is 20.0. The molecule has 0 bridgehead atoms. The van der Waals surface area contributed by atoms with Crippen LogP contribution in [0.15, 0.2) is 54.9 Å². The largest absolute Gasteiger partial charge is 0.488 e. The number of carbonyl (C=O) groups excluding carboxylic acids is 1. The van der Waals surface area contributed by atoms with Crippen molar-refractivity contribution in [3.8, 4) is 17.1 Å². The van der Waals surface area contributed by atoms with Crippen LogP contribution >= 0.6 is 23.2 Å². The molecule has 0 spiro atoms. The van der Waals surface area contributed by atoms with E-state index in [0.29, 0.717) is 45.8 Å². The van der Waals surface area contributed by atoms with Gasteiger partial charge in [0.15, 0.2) is 17.4 Å². The molecule has 0 saturated heterocycles. The summed E-state index contributed by atoms with van der Waals surface area (Å²) in [6, 6.07) is 12.5. The number of anilines is 1. The van der Waals surface area contributed by atoms with Crippen LogP contribution in [0.25, 0.3) is 11.4 Å². The van der Waals surface area contributed by atoms with Crippen molar-refractivity contribution in [1.29, 1.82) is 0 Å². The molecule has 0 aliphatic carbocycles. The van der Waals surface area contributed by atoms with Gasteiger partial charge in [-0.05, 0) is 55.3 Å². The van der Waals surface area contributed by atoms with Gasteiger partial charge in [0.25, 0.3) is 0 Å². The van der Waals surface area contributed by atoms with Gasteiger partial charge in [0.2, 0.25) is 0 Å². The van der Waals surface area contributed by atoms with Gasteiger partial charge < -0.3 is 15.2 Å². The lowest BCUT2D eigenvalue weighted by molar-refractivity contribution is -0.137. The van der Waals surface area contributed by atoms with E-state index in [1.54, 1.807) is 42.7 Å². The Morgan fingerprint density at radius 1 is 1.03 bits per heavy atom. The third-order valence-electron chi connectivity index (χ3n) is 5.53. The van der Waals surface area contributed by atoms with Crippen molar-refractivity contribution in [3.05, 3.63) is 70.5 Å². The first-order chi connectivity index (χ1) is 17.4. The van der Waals surface area contributed by atoms with E-state index in [1.807, 2.05) is 12.1 Å². The molecule has 1 heterocycles. The second kappa shape index (κ2) is 13.8. The zero-order valence-corrected chi connectivity index (χ0v) is 21.6. The number of aromatic nitrogens is 2. The first-order valence-electron chi connectivity index (χ1n) is 11.9. The number of carboxylic acids is 1. The van der Waals surface area contributed by atoms with Crippen LogP contribution in [0.2, 0.25) is 10.0 Å². The molecular weight excluding hydrogens is 501 g/mol. The number of nitrogens with zero attached hydrogens (tertiary/aromatic N) is 2. The molecule has 0 unspecified atom stereocenters. The summed E-state index contributed by atoms with van der Waals surface area (Å²) in [6.07, 6.45) is 6.79. The Bertz CT molecular complexity index is 1150. The average Bonchev–Trinajstić information content (AvgIpc) is 2.86. The maximum Gasteiger partial charge on any atom is 0.303 e. The van der Waals surface area contributed by atoms with E-state index >= 15 is 0 Å². The molecule has 2 N–H and O–H groups in total. The molecule has 3 rings (SSSR count). The van der Waals surface area contributed by atoms with E-state index < -0.39 is 5.97 Å². The van der Waals surface area contributed by atoms with E-state index in [-0.39, 0.29) is 24.7 Å². The number of halogens is 2. The Balaban J connectivity index is 1.57. The third-order valence-corrected chi connectivity index (χ3v) is 6.08. The quantitative estimate of drug-likeness (QED) is 0.218. The fourth-order valence-electron chi connectivity index (χ4n) is 3.58. The molecule has 0 amide bonds. The highest BCUT2D eigenvalue weighted by atomic mass is 35.5. The van der Waals surface area contributed by atoms with Crippen LogP contribution in [0, 0.1) is 0 Å². The molecule has 0 aliphatic rings. The minimum absolute atomic E-state index is 0.00682. The van der Waals surface area contributed by atoms with Crippen LogP contribution in [0.4, 0.5) is 5.69 Å². The SMILES string of the molecule is CCCC[C@@H](COc1cnc(-c2ccc(Cl)cc2Cl)nc1)Nc1ccc(C(=O)CCCC(=O)O)cc1. The monoisotopic (exact) mass is 529 g/mol. The molecule has 0 aliphatic heterocycles. The predicted molar refractivity (Wildman–Crippen MR) is 142 cm³/mol. The maximum absolute atomic E-state index is 12.3. The lowest BCUT2D eigenvalue weighted by Gasteiger charge is -2.20. The van der Waals surface area contributed by atoms with E-state index in [9.17, 15) is 9.59 Å². The highest BCUT2D eigenvalue weighted by Crippen LogP contribution is 2.28. The molecule has 9 heteroatoms. The van der Waals surface area contributed by atoms with Crippen molar-refractivity contribution < 1.29 is 19.4 Å². The lowest BCUT2D eigenvalue weighted by atomic mass is 10.0. The Morgan fingerprint density at radius 2 is 1.75 bits per heavy atom. The minimum Gasteiger partial charge on any atom is -0.488 e. The number of aliphatic carboxylic acids is 1. The Hall–Kier alpha value is -3.16. The van der Waals surface area contributed by atoms with Crippen LogP contribution in [-0.4, -0.2) is 39.5 Å². The molecule has 190 valence electrons. The molecule has 0 fully saturated rings. The van der Waals surface area contributed by atoms with Crippen LogP contribution in [0.3, 0.4) is 0 Å². The molecule has 0 saturated carbocycles. The number of carbonyl (C=O) groups is 2. The summed E-state index contributed by atoms with van der Waals surface area (Å²) in [4.78, 5) is 31.6. The maximum atomic E-state index is 12.3. The van der Waals surface area contributed by atoms with Crippen molar-refractivity contribution in [2.24, 2.45) is 0 Å². The van der Waals surface area contributed by atoms with Crippen LogP contribution < -0.4 is 10.1 Å². The van der Waals surface area contributed by atoms with Gasteiger partial charge in [-0.25, -0.2) is 9.97 Å². The number of hydrogen-bond donors (Lipinski definition) is 2. The fraction of sp³-hybridized carbons (Fsp3) is 0.333. The normalized spacial score (nSPS) is 11.6. The number of hydrogen-bond acceptors (Lipinski definition) is 6. The number of ether oxygens (including phenoxy) is 1. The second-order valence-corrected chi connectivity index (χ2v) is 9.25. The highest BCUT2D eigenvalue weighted by molar-refractivity contribution is 6.36. The fourth-order valence-corrected chi connectivity index (χ4v) is 4.07. The standard InChI is InChI=1S/C27H29Cl2N3O4/c1-2-3-5-21(32-20-11-8-18(9-12-20)25(33)6-4-7-26(34)35)17-36-22-15-30-27(31-16-22)23-13-10-19(28)14-24(23)29/h8-16,21,32H,2-7,17H2,1H3,(H,34,35)/t21-/m0/s1. The number of unbranched alkanes of at least 4 members (excludes halogenated alkanes) is 1. The predicted octanol–water partition coefficient (Wildman–Crippen LogP) is 6.94. The molecule has 36 heavy (non-hydrogen) atoms. The smallest absolute Gasteiger partial charge is 0.303 e. The molecule has 2 aromatic carbocycles. The van der Waals surface area contributed by atoms with Gasteiger partial charge in [-0.15, -0.1) is 0 Å². The van der Waals surface area contributed by atoms with Crippen molar-refractivity contribution in [2.45, 2.75) is 51.5 Å². The van der Waals surface area contributed by atoms with Gasteiger partial charge in [-0.3, -0.25) is 9.59 Å². The van der Waals surface area contributed by atoms with Gasteiger partial charge in [-0.2, -0.15) is 0 Å². The summed E-state index contributed by atoms with van der Waals surface area (Å²) in [6.45, 7) is 2.55. The van der Waals surface area contributed by atoms with Gasteiger partial charge in [-0.1, -0.05) is 43.0 Å². The zero-order chi connectivity index (χ0) is 25.9. The van der Waals surface area contributed by atoms with E-state index in [4.69, 9.17) is 33.0 Å². The topological polar surface area (TPSA) is 101 Å². The number of carboxylic acid groups (broad SMARTS) is 1. The number of Topliss-reactive ketones (excluding diaryl/α,β-unsaturated/α-hetero) is 1. The first-order valence-corrected chi connectivity index (χ1v) is 12.6. The molecule has 1 atom stereocenters. The van der Waals surface area contributed by atoms with Crippen molar-refractivity contribution in [1.82, 2.24) is 9.97 Å². The van der Waals surface area contributed by atoms with Gasteiger partial charge in [0, 0.05) is 34.7 Å². The minimum atomic E-state index is -0.892. The van der Waals surface area contributed by atoms with Crippen molar-refractivity contribution >= 4 is 40.6 Å². The summed E-state index contributed by atoms with van der Waals surface area (Å²) < 4.78 is 5.96. The molecule has 7 nitrogen and oxygen atoms in total. The van der Waals surface area contributed by atoms with Crippen molar-refractivity contribution in [2.75, 3.05) is 11.9 Å². The van der Waals surface area contributed by atoms with Gasteiger partial charge >= 0.3 is 5.97 Å². The Kier molecular flexibility index (Phi) is 10.5. The number of benzene rings is 2. The number of rotatable bonds is 14. The highest BCUT2D eigenvalue weighted by Gasteiger charge is 2.13. The van der Waals surface area contributed by atoms with Crippen molar-refractivity contribution in [3.63, 3.8) is 0 Å². The molecular formula is C27H29Cl2N3O4. The summed E-state index contributed by atoms with van der Waals surface area (Å²) in [5, 5.41) is 13.2. The summed E-state index contributed by atoms with van der Waals surface area (Å²) in [7, 11) is 0. The summed E-state index contributed by atoms with van der Waals surface area (Å²) in [5.41, 5.74) is 2.15. The second-order valence-electron chi connectivity index (χ2n) is 8.41. The first kappa shape index (κ1) is 27.4. The average molecular weight is 530 g/mol. The van der Waals surface area contributed by atoms with E-state index in [1.165, 1.54) is 0 Å². The molecule has 1 aromatic heterocycles. The number of nitrogens with one attached hydrogen (secondary N) is 1. The van der Waals surface area contributed by atoms with Crippen LogP contribution in [0.1, 0.15) is 55.8 Å². The van der Waals surface area contributed by atoms with Crippen LogP contribution in [-0.2, 0) is 4.79 Å². The van der Waals surface area contributed by atoms with Gasteiger partial charge in [0.1, 0.15) is 6.61 Å². The summed E-state index contributed by atoms with van der Waals surface area (Å²) >= 11 is 12.2. The Morgan fingerprint density at radius 3 is 2.39 bits per heavy atom. The van der Waals surface area contributed by atoms with E-state index in [2.05, 4.69) is 22.2 Å². The van der Waals surface area contributed by atoms with Crippen LogP contribution in [0.5, 0.6) is 5.75 Å². The molecule has 0 radical (unpaired) electrons. The summed E-state index contributed by atoms with van der Waals surface area (Å²) in [5.74, 6) is 0.0878. The van der Waals surface area contributed by atoms with E-state index in [0.717, 1.165) is 24.9 Å². The van der Waals surface area contributed by atoms with Gasteiger partial charge in [0.05, 0.1) is 23.5 Å². The number of ketones is 1. The molecule has 3 aromatic rings. The third kappa shape index (κ3) is 8.50. The Labute approximate surface area is 220 Å².